The quantitative estimate of drug-likeness (QED) is 0.482. The van der Waals surface area contributed by atoms with Crippen LogP contribution in [0.1, 0.15) is 24.1 Å². The third kappa shape index (κ3) is 3.44. The van der Waals surface area contributed by atoms with Gasteiger partial charge < -0.3 is 19.8 Å². The predicted molar refractivity (Wildman–Crippen MR) is 100 cm³/mol. The number of aliphatic hydroxyl groups excluding tert-OH is 2. The summed E-state index contributed by atoms with van der Waals surface area (Å²) in [4.78, 5) is 26.7. The number of β-amino-alcohol motifs (C(OH)–C–C–N with tert-alkyl or cyclic N) is 1. The molecule has 0 bridgehead atoms. The van der Waals surface area contributed by atoms with E-state index in [1.165, 1.54) is 18.9 Å². The molecule has 1 aliphatic heterocycles. The number of carbonyl (C=O) groups is 2. The molecule has 6 nitrogen and oxygen atoms in total. The summed E-state index contributed by atoms with van der Waals surface area (Å²) in [6.07, 6.45) is -0.836. The first-order chi connectivity index (χ1) is 13.0. The summed E-state index contributed by atoms with van der Waals surface area (Å²) in [6, 6.07) is 14.7. The Kier molecular flexibility index (Phi) is 5.28. The van der Waals surface area contributed by atoms with Crippen molar-refractivity contribution in [3.63, 3.8) is 0 Å². The van der Waals surface area contributed by atoms with E-state index >= 15 is 0 Å². The Morgan fingerprint density at radius 1 is 1.11 bits per heavy atom. The Morgan fingerprint density at radius 3 is 2.37 bits per heavy atom. The van der Waals surface area contributed by atoms with Gasteiger partial charge in [0.2, 0.25) is 0 Å². The number of carbonyl (C=O) groups excluding carboxylic acids is 2. The molecule has 1 heterocycles. The topological polar surface area (TPSA) is 87.1 Å². The van der Waals surface area contributed by atoms with Crippen molar-refractivity contribution in [3.05, 3.63) is 71.3 Å². The number of ketones is 1. The molecule has 0 radical (unpaired) electrons. The molecule has 6 heteroatoms. The van der Waals surface area contributed by atoms with Crippen molar-refractivity contribution in [1.29, 1.82) is 0 Å². The molecule has 0 spiro atoms. The number of likely N-dealkylation sites (tertiary alicyclic amines) is 1. The molecule has 2 aromatic carbocycles. The maximum absolute atomic E-state index is 12.8. The number of methoxy groups -OCH3 is 1. The molecule has 140 valence electrons. The lowest BCUT2D eigenvalue weighted by atomic mass is 9.94. The molecule has 0 saturated carbocycles. The largest absolute Gasteiger partial charge is 0.507 e. The summed E-state index contributed by atoms with van der Waals surface area (Å²) in [7, 11) is 1.50. The number of amides is 1. The summed E-state index contributed by atoms with van der Waals surface area (Å²) >= 11 is 0. The Hall–Kier alpha value is -3.12. The zero-order valence-corrected chi connectivity index (χ0v) is 15.1. The summed E-state index contributed by atoms with van der Waals surface area (Å²) < 4.78 is 5.40. The molecule has 1 amide bonds. The normalized spacial score (nSPS) is 20.0. The van der Waals surface area contributed by atoms with Crippen molar-refractivity contribution in [2.24, 2.45) is 0 Å². The van der Waals surface area contributed by atoms with Gasteiger partial charge in [-0.3, -0.25) is 9.59 Å². The van der Waals surface area contributed by atoms with Gasteiger partial charge in [0.1, 0.15) is 11.5 Å². The van der Waals surface area contributed by atoms with Gasteiger partial charge >= 0.3 is 0 Å². The van der Waals surface area contributed by atoms with E-state index in [1.54, 1.807) is 54.6 Å². The van der Waals surface area contributed by atoms with Crippen molar-refractivity contribution in [2.75, 3.05) is 13.7 Å². The summed E-state index contributed by atoms with van der Waals surface area (Å²) in [5, 5.41) is 20.7. The van der Waals surface area contributed by atoms with E-state index in [0.29, 0.717) is 16.9 Å². The SMILES string of the molecule is COc1ccccc1C1C(=C(O)c2ccccc2)C(=O)C(=O)N1CC(C)O. The van der Waals surface area contributed by atoms with Crippen LogP contribution < -0.4 is 4.74 Å². The first-order valence-corrected chi connectivity index (χ1v) is 8.60. The summed E-state index contributed by atoms with van der Waals surface area (Å²) in [5.41, 5.74) is 0.987. The number of para-hydroxylation sites is 1. The van der Waals surface area contributed by atoms with Crippen molar-refractivity contribution < 1.29 is 24.5 Å². The zero-order valence-electron chi connectivity index (χ0n) is 15.1. The second-order valence-corrected chi connectivity index (χ2v) is 6.41. The number of ether oxygens (including phenoxy) is 1. The second-order valence-electron chi connectivity index (χ2n) is 6.41. The minimum Gasteiger partial charge on any atom is -0.507 e. The summed E-state index contributed by atoms with van der Waals surface area (Å²) in [5.74, 6) is -1.31. The smallest absolute Gasteiger partial charge is 0.295 e. The van der Waals surface area contributed by atoms with Crippen LogP contribution in [0.15, 0.2) is 60.2 Å². The Labute approximate surface area is 157 Å². The van der Waals surface area contributed by atoms with Crippen LogP contribution in [-0.4, -0.2) is 46.6 Å². The number of hydrogen-bond donors (Lipinski definition) is 2. The molecule has 27 heavy (non-hydrogen) atoms. The first kappa shape index (κ1) is 18.7. The highest BCUT2D eigenvalue weighted by Crippen LogP contribution is 2.42. The van der Waals surface area contributed by atoms with Crippen LogP contribution >= 0.6 is 0 Å². The average Bonchev–Trinajstić information content (AvgIpc) is 2.92. The lowest BCUT2D eigenvalue weighted by molar-refractivity contribution is -0.140. The van der Waals surface area contributed by atoms with Gasteiger partial charge in [-0.15, -0.1) is 0 Å². The molecule has 1 saturated heterocycles. The molecule has 2 N–H and O–H groups in total. The number of hydrogen-bond acceptors (Lipinski definition) is 5. The Bertz CT molecular complexity index is 888. The molecule has 0 aromatic heterocycles. The fraction of sp³-hybridized carbons (Fsp3) is 0.238. The van der Waals surface area contributed by atoms with Gasteiger partial charge in [-0.1, -0.05) is 48.5 Å². The van der Waals surface area contributed by atoms with E-state index in [2.05, 4.69) is 0 Å². The molecule has 2 unspecified atom stereocenters. The number of Topliss-reactive ketones (excluding diaryl/α,β-unsaturated/α-hetero) is 1. The molecule has 2 aromatic rings. The van der Waals surface area contributed by atoms with E-state index < -0.39 is 23.8 Å². The monoisotopic (exact) mass is 367 g/mol. The van der Waals surface area contributed by atoms with Gasteiger partial charge in [0.25, 0.3) is 11.7 Å². The molecule has 2 atom stereocenters. The van der Waals surface area contributed by atoms with E-state index in [4.69, 9.17) is 4.74 Å². The molecule has 0 aliphatic carbocycles. The van der Waals surface area contributed by atoms with Gasteiger partial charge in [0.05, 0.1) is 24.8 Å². The molecule has 1 aliphatic rings. The highest BCUT2D eigenvalue weighted by atomic mass is 16.5. The van der Waals surface area contributed by atoms with Crippen LogP contribution in [0, 0.1) is 0 Å². The highest BCUT2D eigenvalue weighted by Gasteiger charge is 2.47. The number of benzene rings is 2. The lowest BCUT2D eigenvalue weighted by Crippen LogP contribution is -2.35. The zero-order chi connectivity index (χ0) is 19.6. The van der Waals surface area contributed by atoms with E-state index in [0.717, 1.165) is 0 Å². The maximum atomic E-state index is 12.8. The summed E-state index contributed by atoms with van der Waals surface area (Å²) in [6.45, 7) is 1.49. The first-order valence-electron chi connectivity index (χ1n) is 8.60. The van der Waals surface area contributed by atoms with E-state index in [-0.39, 0.29) is 17.9 Å². The minimum atomic E-state index is -0.851. The van der Waals surface area contributed by atoms with Gasteiger partial charge in [-0.05, 0) is 13.0 Å². The number of aliphatic hydroxyl groups is 2. The molecular weight excluding hydrogens is 346 g/mol. The van der Waals surface area contributed by atoms with Crippen LogP contribution in [0.25, 0.3) is 5.76 Å². The van der Waals surface area contributed by atoms with Gasteiger partial charge in [0.15, 0.2) is 0 Å². The highest BCUT2D eigenvalue weighted by molar-refractivity contribution is 6.46. The Balaban J connectivity index is 2.23. The average molecular weight is 367 g/mol. The van der Waals surface area contributed by atoms with Crippen molar-refractivity contribution in [3.8, 4) is 5.75 Å². The van der Waals surface area contributed by atoms with Crippen molar-refractivity contribution in [2.45, 2.75) is 19.1 Å². The van der Waals surface area contributed by atoms with Gasteiger partial charge in [-0.25, -0.2) is 0 Å². The fourth-order valence-corrected chi connectivity index (χ4v) is 3.32. The number of rotatable bonds is 5. The van der Waals surface area contributed by atoms with Crippen LogP contribution in [-0.2, 0) is 9.59 Å². The minimum absolute atomic E-state index is 0.0173. The van der Waals surface area contributed by atoms with E-state index in [1.807, 2.05) is 0 Å². The van der Waals surface area contributed by atoms with Gasteiger partial charge in [0, 0.05) is 17.7 Å². The number of nitrogens with zero attached hydrogens (tertiary/aromatic N) is 1. The van der Waals surface area contributed by atoms with Gasteiger partial charge in [-0.2, -0.15) is 0 Å². The lowest BCUT2D eigenvalue weighted by Gasteiger charge is -2.27. The maximum Gasteiger partial charge on any atom is 0.295 e. The predicted octanol–water partition coefficient (Wildman–Crippen LogP) is 2.50. The fourth-order valence-electron chi connectivity index (χ4n) is 3.32. The van der Waals surface area contributed by atoms with Crippen molar-refractivity contribution in [1.82, 2.24) is 4.90 Å². The molecule has 3 rings (SSSR count). The Morgan fingerprint density at radius 2 is 1.74 bits per heavy atom. The molecule has 1 fully saturated rings. The van der Waals surface area contributed by atoms with Crippen LogP contribution in [0.2, 0.25) is 0 Å². The second kappa shape index (κ2) is 7.63. The standard InChI is InChI=1S/C21H21NO5/c1-13(23)12-22-18(15-10-6-7-11-16(15)27-2)17(20(25)21(22)26)19(24)14-8-4-3-5-9-14/h3-11,13,18,23-24H,12H2,1-2H3. The molecular formula is C21H21NO5. The third-order valence-corrected chi connectivity index (χ3v) is 4.48. The van der Waals surface area contributed by atoms with Crippen LogP contribution in [0.5, 0.6) is 5.75 Å². The third-order valence-electron chi connectivity index (χ3n) is 4.48. The van der Waals surface area contributed by atoms with Crippen LogP contribution in [0.3, 0.4) is 0 Å². The van der Waals surface area contributed by atoms with Crippen LogP contribution in [0.4, 0.5) is 0 Å². The van der Waals surface area contributed by atoms with Crippen molar-refractivity contribution >= 4 is 17.4 Å². The van der Waals surface area contributed by atoms with E-state index in [9.17, 15) is 19.8 Å².